The van der Waals surface area contributed by atoms with Gasteiger partial charge in [-0.05, 0) is 54.8 Å². The summed E-state index contributed by atoms with van der Waals surface area (Å²) in [6.45, 7) is 1.73. The van der Waals surface area contributed by atoms with Gasteiger partial charge in [-0.1, -0.05) is 48.6 Å². The van der Waals surface area contributed by atoms with E-state index in [4.69, 9.17) is 14.9 Å². The molecule has 0 aliphatic heterocycles. The number of allylic oxidation sites excluding steroid dienone is 3. The van der Waals surface area contributed by atoms with Crippen molar-refractivity contribution in [3.8, 4) is 16.9 Å². The molecule has 37 heavy (non-hydrogen) atoms. The Kier molecular flexibility index (Phi) is 6.21. The fourth-order valence-electron chi connectivity index (χ4n) is 4.67. The number of fused-ring (bicyclic) bond motifs is 1. The van der Waals surface area contributed by atoms with Crippen LogP contribution in [-0.2, 0) is 14.8 Å². The minimum Gasteiger partial charge on any atom is -0.496 e. The topological polar surface area (TPSA) is 94.3 Å². The smallest absolute Gasteiger partial charge is 0.249 e. The van der Waals surface area contributed by atoms with Crippen molar-refractivity contribution >= 4 is 32.5 Å². The van der Waals surface area contributed by atoms with Crippen LogP contribution in [0.5, 0.6) is 5.75 Å². The number of pyridine rings is 1. The van der Waals surface area contributed by atoms with Crippen LogP contribution in [0.4, 0.5) is 0 Å². The Morgan fingerprint density at radius 1 is 1.05 bits per heavy atom. The van der Waals surface area contributed by atoms with Crippen molar-refractivity contribution in [3.05, 3.63) is 102 Å². The van der Waals surface area contributed by atoms with E-state index in [-0.39, 0.29) is 5.90 Å². The number of methoxy groups -OCH3 is 2. The zero-order chi connectivity index (χ0) is 26.2. The zero-order valence-electron chi connectivity index (χ0n) is 20.8. The molecule has 8 heteroatoms. The highest BCUT2D eigenvalue weighted by molar-refractivity contribution is 7.91. The molecule has 0 spiro atoms. The maximum Gasteiger partial charge on any atom is 0.249 e. The monoisotopic (exact) mass is 513 g/mol. The van der Waals surface area contributed by atoms with Crippen molar-refractivity contribution in [2.45, 2.75) is 18.1 Å². The molecule has 0 bridgehead atoms. The summed E-state index contributed by atoms with van der Waals surface area (Å²) in [5.74, 6) is 0.776. The second kappa shape index (κ2) is 9.37. The van der Waals surface area contributed by atoms with Gasteiger partial charge in [-0.3, -0.25) is 5.41 Å². The summed E-state index contributed by atoms with van der Waals surface area (Å²) >= 11 is 0. The van der Waals surface area contributed by atoms with Crippen LogP contribution in [0.15, 0.2) is 91.3 Å². The lowest BCUT2D eigenvalue weighted by atomic mass is 9.90. The number of nitrogens with one attached hydrogen (secondary N) is 1. The molecule has 7 nitrogen and oxygen atoms in total. The second-order valence-corrected chi connectivity index (χ2v) is 11.4. The van der Waals surface area contributed by atoms with Crippen molar-refractivity contribution in [1.82, 2.24) is 8.96 Å². The van der Waals surface area contributed by atoms with Gasteiger partial charge in [0.05, 0.1) is 14.2 Å². The van der Waals surface area contributed by atoms with Gasteiger partial charge in [0.25, 0.3) is 0 Å². The fraction of sp³-hybridized carbons (Fsp3) is 0.172. The highest BCUT2D eigenvalue weighted by Crippen LogP contribution is 2.40. The van der Waals surface area contributed by atoms with E-state index in [1.54, 1.807) is 50.7 Å². The van der Waals surface area contributed by atoms with E-state index in [0.29, 0.717) is 28.8 Å². The van der Waals surface area contributed by atoms with Gasteiger partial charge in [-0.25, -0.2) is 17.4 Å². The predicted octanol–water partition coefficient (Wildman–Crippen LogP) is 5.66. The molecule has 0 radical (unpaired) electrons. The van der Waals surface area contributed by atoms with Gasteiger partial charge >= 0.3 is 0 Å². The van der Waals surface area contributed by atoms with Crippen LogP contribution in [0.3, 0.4) is 0 Å². The van der Waals surface area contributed by atoms with Crippen molar-refractivity contribution in [2.75, 3.05) is 14.2 Å². The van der Waals surface area contributed by atoms with Gasteiger partial charge in [-0.2, -0.15) is 0 Å². The van der Waals surface area contributed by atoms with Crippen LogP contribution in [0.25, 0.3) is 27.7 Å². The first-order chi connectivity index (χ1) is 17.8. The molecule has 1 N–H and O–H groups in total. The molecule has 1 aliphatic carbocycles. The number of nitrogens with zero attached hydrogens (tertiary/aromatic N) is 2. The van der Waals surface area contributed by atoms with E-state index in [9.17, 15) is 8.42 Å². The van der Waals surface area contributed by atoms with Crippen LogP contribution < -0.4 is 4.74 Å². The van der Waals surface area contributed by atoms with Crippen molar-refractivity contribution < 1.29 is 17.9 Å². The van der Waals surface area contributed by atoms with Crippen molar-refractivity contribution in [3.63, 3.8) is 0 Å². The first-order valence-corrected chi connectivity index (χ1v) is 13.2. The third-order valence-corrected chi connectivity index (χ3v) is 9.02. The second-order valence-electron chi connectivity index (χ2n) is 9.11. The molecular formula is C29H27N3O4S. The molecule has 188 valence electrons. The lowest BCUT2D eigenvalue weighted by Crippen LogP contribution is -2.38. The maximum absolute atomic E-state index is 14.0. The van der Waals surface area contributed by atoms with Crippen LogP contribution in [0.1, 0.15) is 24.5 Å². The lowest BCUT2D eigenvalue weighted by molar-refractivity contribution is 0.401. The van der Waals surface area contributed by atoms with Crippen LogP contribution in [-0.4, -0.2) is 42.2 Å². The van der Waals surface area contributed by atoms with Crippen LogP contribution in [0.2, 0.25) is 0 Å². The van der Waals surface area contributed by atoms with E-state index in [2.05, 4.69) is 4.98 Å². The molecule has 4 aromatic rings. The van der Waals surface area contributed by atoms with Crippen LogP contribution >= 0.6 is 0 Å². The van der Waals surface area contributed by atoms with E-state index in [1.165, 1.54) is 11.1 Å². The Bertz CT molecular complexity index is 1680. The van der Waals surface area contributed by atoms with E-state index in [0.717, 1.165) is 22.3 Å². The molecule has 1 atom stereocenters. The summed E-state index contributed by atoms with van der Waals surface area (Å²) in [5, 5.41) is 8.63. The van der Waals surface area contributed by atoms with Gasteiger partial charge in [-0.15, -0.1) is 0 Å². The summed E-state index contributed by atoms with van der Waals surface area (Å²) in [4.78, 5) is 4.55. The van der Waals surface area contributed by atoms with Gasteiger partial charge in [0, 0.05) is 34.5 Å². The Hall–Kier alpha value is -4.17. The van der Waals surface area contributed by atoms with E-state index >= 15 is 0 Å². The molecule has 0 fully saturated rings. The molecule has 0 saturated carbocycles. The Morgan fingerprint density at radius 3 is 2.65 bits per heavy atom. The molecular weight excluding hydrogens is 486 g/mol. The summed E-state index contributed by atoms with van der Waals surface area (Å²) in [7, 11) is -0.793. The SMILES string of the molecule is COC(=N)c1cccc(-c2cnc3c(ccn3S(=O)(=O)C3(C)C=CC=C(c4ccccc4OC)C3)c2)c1. The highest BCUT2D eigenvalue weighted by atomic mass is 32.2. The largest absolute Gasteiger partial charge is 0.496 e. The normalized spacial score (nSPS) is 17.4. The lowest BCUT2D eigenvalue weighted by Gasteiger charge is -2.30. The van der Waals surface area contributed by atoms with E-state index in [1.807, 2.05) is 54.6 Å². The third-order valence-electron chi connectivity index (χ3n) is 6.74. The molecule has 2 heterocycles. The standard InChI is InChI=1S/C29H27N3O4S/c1-29(14-7-10-23(18-29)25-11-4-5-12-26(25)35-2)37(33,34)32-15-13-22-17-24(19-31-28(22)32)20-8-6-9-21(16-20)27(30)36-3/h4-17,19,30H,18H2,1-3H3. The first kappa shape index (κ1) is 24.5. The molecule has 0 amide bonds. The number of hydrogen-bond donors (Lipinski definition) is 1. The van der Waals surface area contributed by atoms with Crippen molar-refractivity contribution in [1.29, 1.82) is 5.41 Å². The minimum absolute atomic E-state index is 0.0726. The number of ether oxygens (including phenoxy) is 2. The average Bonchev–Trinajstić information content (AvgIpc) is 3.37. The summed E-state index contributed by atoms with van der Waals surface area (Å²) in [6, 6.07) is 18.7. The number of hydrogen-bond acceptors (Lipinski definition) is 6. The number of rotatable bonds is 6. The number of benzene rings is 2. The van der Waals surface area contributed by atoms with Gasteiger partial charge in [0.15, 0.2) is 5.65 Å². The number of aromatic nitrogens is 2. The van der Waals surface area contributed by atoms with Gasteiger partial charge in [0.2, 0.25) is 15.9 Å². The maximum atomic E-state index is 14.0. The molecule has 1 aliphatic rings. The van der Waals surface area contributed by atoms with Gasteiger partial charge in [0.1, 0.15) is 10.5 Å². The highest BCUT2D eigenvalue weighted by Gasteiger charge is 2.41. The average molecular weight is 514 g/mol. The fourth-order valence-corrected chi connectivity index (χ4v) is 6.31. The molecule has 2 aromatic carbocycles. The summed E-state index contributed by atoms with van der Waals surface area (Å²) < 4.78 is 38.6. The van der Waals surface area contributed by atoms with Gasteiger partial charge < -0.3 is 9.47 Å². The number of para-hydroxylation sites is 1. The van der Waals surface area contributed by atoms with Crippen molar-refractivity contribution in [2.24, 2.45) is 0 Å². The Labute approximate surface area is 216 Å². The Morgan fingerprint density at radius 2 is 1.86 bits per heavy atom. The molecule has 0 saturated heterocycles. The summed E-state index contributed by atoms with van der Waals surface area (Å²) in [5.41, 5.74) is 4.46. The summed E-state index contributed by atoms with van der Waals surface area (Å²) in [6.07, 6.45) is 8.98. The zero-order valence-corrected chi connectivity index (χ0v) is 21.6. The Balaban J connectivity index is 1.50. The molecule has 2 aromatic heterocycles. The van der Waals surface area contributed by atoms with Crippen LogP contribution in [0, 0.1) is 5.41 Å². The minimum atomic E-state index is -3.86. The molecule has 5 rings (SSSR count). The first-order valence-electron chi connectivity index (χ1n) is 11.7. The molecule has 1 unspecified atom stereocenters. The quantitative estimate of drug-likeness (QED) is 0.265. The van der Waals surface area contributed by atoms with E-state index < -0.39 is 14.8 Å². The third kappa shape index (κ3) is 4.23. The predicted molar refractivity (Wildman–Crippen MR) is 146 cm³/mol.